The molecule has 68 valence electrons. The highest BCUT2D eigenvalue weighted by Gasteiger charge is 2.37. The summed E-state index contributed by atoms with van der Waals surface area (Å²) < 4.78 is 4.61. The maximum Gasteiger partial charge on any atom is 0.165 e. The van der Waals surface area contributed by atoms with Crippen LogP contribution in [0.2, 0.25) is 0 Å². The highest BCUT2D eigenvalue weighted by Crippen LogP contribution is 2.16. The quantitative estimate of drug-likeness (QED) is 0.261. The monoisotopic (exact) mass is 175 g/mol. The zero-order chi connectivity index (χ0) is 9.14. The van der Waals surface area contributed by atoms with Crippen LogP contribution in [0, 0.1) is 0 Å². The molecule has 0 aromatic rings. The number of hydrogen-bond donors (Lipinski definition) is 3. The summed E-state index contributed by atoms with van der Waals surface area (Å²) in [5.41, 5.74) is 8.04. The van der Waals surface area contributed by atoms with Crippen molar-refractivity contribution >= 4 is 0 Å². The molecule has 0 aliphatic carbocycles. The van der Waals surface area contributed by atoms with E-state index in [1.54, 1.807) is 0 Å². The Labute approximate surface area is 67.8 Å². The molecule has 3 N–H and O–H groups in total. The summed E-state index contributed by atoms with van der Waals surface area (Å²) in [6, 6.07) is -1.14. The fourth-order valence-electron chi connectivity index (χ4n) is 0.976. The third-order valence-corrected chi connectivity index (χ3v) is 1.66. The van der Waals surface area contributed by atoms with Gasteiger partial charge in [-0.15, -0.1) is 0 Å². The van der Waals surface area contributed by atoms with Gasteiger partial charge in [0.1, 0.15) is 12.1 Å². The van der Waals surface area contributed by atoms with Gasteiger partial charge in [-0.1, -0.05) is 5.11 Å². The predicted octanol–water partition coefficient (Wildman–Crippen LogP) is -1.26. The van der Waals surface area contributed by atoms with E-state index in [4.69, 9.17) is 15.7 Å². The highest BCUT2D eigenvalue weighted by molar-refractivity contribution is 4.87. The van der Waals surface area contributed by atoms with E-state index in [9.17, 15) is 5.11 Å². The van der Waals surface area contributed by atoms with Gasteiger partial charge in [-0.25, -0.2) is 0 Å². The number of ether oxygens (including phenoxy) is 1. The van der Waals surface area contributed by atoms with Crippen molar-refractivity contribution in [3.8, 4) is 0 Å². The minimum Gasteiger partial charge on any atom is -0.390 e. The molecule has 1 saturated heterocycles. The molecule has 12 heavy (non-hydrogen) atoms. The van der Waals surface area contributed by atoms with Gasteiger partial charge in [-0.2, -0.15) is 0 Å². The second-order valence-electron chi connectivity index (χ2n) is 2.48. The maximum absolute atomic E-state index is 9.18. The summed E-state index contributed by atoms with van der Waals surface area (Å²) in [7, 11) is 0. The molecule has 4 atom stereocenters. The van der Waals surface area contributed by atoms with Crippen molar-refractivity contribution in [2.24, 2.45) is 5.11 Å². The first-order valence-electron chi connectivity index (χ1n) is 3.37. The molecule has 1 fully saturated rings. The molecule has 0 spiro atoms. The molecule has 0 saturated carbocycles. The van der Waals surface area contributed by atoms with E-state index in [2.05, 4.69) is 14.8 Å². The van der Waals surface area contributed by atoms with Gasteiger partial charge in [0, 0.05) is 4.91 Å². The van der Waals surface area contributed by atoms with Crippen LogP contribution in [0.3, 0.4) is 0 Å². The van der Waals surface area contributed by atoms with E-state index < -0.39 is 24.5 Å². The van der Waals surface area contributed by atoms with Gasteiger partial charge in [0.2, 0.25) is 0 Å². The van der Waals surface area contributed by atoms with Gasteiger partial charge in [0.25, 0.3) is 0 Å². The fourth-order valence-corrected chi connectivity index (χ4v) is 0.976. The minimum absolute atomic E-state index is 0.167. The Morgan fingerprint density at radius 2 is 2.08 bits per heavy atom. The Bertz CT molecular complexity index is 205. The van der Waals surface area contributed by atoms with Crippen molar-refractivity contribution in [2.45, 2.75) is 24.5 Å². The Morgan fingerprint density at radius 1 is 1.42 bits per heavy atom. The fraction of sp³-hybridized carbons (Fsp3) is 1.00. The third kappa shape index (κ3) is 1.66. The molecule has 0 radical (unpaired) electrons. The van der Waals surface area contributed by atoms with Crippen molar-refractivity contribution in [3.63, 3.8) is 0 Å². The van der Waals surface area contributed by atoms with Gasteiger partial charge in [-0.05, 0) is 5.53 Å². The first-order valence-corrected chi connectivity index (χ1v) is 3.37. The summed E-state index contributed by atoms with van der Waals surface area (Å²) in [5, 5.41) is 30.3. The first kappa shape index (κ1) is 9.24. The molecule has 0 aromatic heterocycles. The standard InChI is InChI=1S/C5H9N3O4/c6-8-7-3-4(10)2(9)1-12-5(3)11/h2-5,9-11H,1H2/t2-,3+,4-,5-/m1/s1. The predicted molar refractivity (Wildman–Crippen MR) is 36.9 cm³/mol. The van der Waals surface area contributed by atoms with Crippen LogP contribution in [-0.4, -0.2) is 46.5 Å². The maximum atomic E-state index is 9.18. The summed E-state index contributed by atoms with van der Waals surface area (Å²) in [6.07, 6.45) is -3.74. The molecule has 1 heterocycles. The van der Waals surface area contributed by atoms with Crippen molar-refractivity contribution < 1.29 is 20.1 Å². The number of hydrogen-bond acceptors (Lipinski definition) is 5. The van der Waals surface area contributed by atoms with Crippen molar-refractivity contribution in [2.75, 3.05) is 6.61 Å². The zero-order valence-electron chi connectivity index (χ0n) is 6.11. The van der Waals surface area contributed by atoms with Crippen LogP contribution < -0.4 is 0 Å². The molecular weight excluding hydrogens is 166 g/mol. The second-order valence-corrected chi connectivity index (χ2v) is 2.48. The van der Waals surface area contributed by atoms with E-state index in [1.807, 2.05) is 0 Å². The van der Waals surface area contributed by atoms with E-state index in [0.717, 1.165) is 0 Å². The van der Waals surface area contributed by atoms with Crippen LogP contribution in [0.25, 0.3) is 10.4 Å². The molecule has 1 aliphatic rings. The summed E-state index contributed by atoms with van der Waals surface area (Å²) in [4.78, 5) is 2.41. The van der Waals surface area contributed by atoms with Crippen molar-refractivity contribution in [3.05, 3.63) is 10.4 Å². The lowest BCUT2D eigenvalue weighted by molar-refractivity contribution is -0.204. The Morgan fingerprint density at radius 3 is 2.67 bits per heavy atom. The molecular formula is C5H9N3O4. The first-order chi connectivity index (χ1) is 5.66. The average molecular weight is 175 g/mol. The van der Waals surface area contributed by atoms with Crippen LogP contribution >= 0.6 is 0 Å². The molecule has 0 bridgehead atoms. The average Bonchev–Trinajstić information content (AvgIpc) is 2.06. The lowest BCUT2D eigenvalue weighted by Crippen LogP contribution is -2.51. The van der Waals surface area contributed by atoms with Crippen LogP contribution in [0.15, 0.2) is 5.11 Å². The molecule has 0 aromatic carbocycles. The van der Waals surface area contributed by atoms with E-state index >= 15 is 0 Å². The largest absolute Gasteiger partial charge is 0.390 e. The lowest BCUT2D eigenvalue weighted by Gasteiger charge is -2.32. The molecule has 1 rings (SSSR count). The van der Waals surface area contributed by atoms with Gasteiger partial charge in [0.05, 0.1) is 12.7 Å². The normalized spacial score (nSPS) is 41.9. The van der Waals surface area contributed by atoms with E-state index in [0.29, 0.717) is 0 Å². The number of rotatable bonds is 1. The van der Waals surface area contributed by atoms with Gasteiger partial charge >= 0.3 is 0 Å². The van der Waals surface area contributed by atoms with Crippen LogP contribution in [0.1, 0.15) is 0 Å². The SMILES string of the molecule is [N-]=[N+]=N[C@H]1[C@H](O)[C@H](O)CO[C@H]1O. The number of aliphatic hydroxyl groups is 3. The lowest BCUT2D eigenvalue weighted by atomic mass is 10.0. The zero-order valence-corrected chi connectivity index (χ0v) is 6.11. The van der Waals surface area contributed by atoms with Gasteiger partial charge in [-0.3, -0.25) is 0 Å². The van der Waals surface area contributed by atoms with Gasteiger partial charge < -0.3 is 20.1 Å². The molecule has 1 aliphatic heterocycles. The molecule has 7 nitrogen and oxygen atoms in total. The second kappa shape index (κ2) is 3.70. The van der Waals surface area contributed by atoms with E-state index in [-0.39, 0.29) is 6.61 Å². The van der Waals surface area contributed by atoms with Crippen LogP contribution in [-0.2, 0) is 4.74 Å². The van der Waals surface area contributed by atoms with Gasteiger partial charge in [0.15, 0.2) is 6.29 Å². The van der Waals surface area contributed by atoms with Crippen LogP contribution in [0.5, 0.6) is 0 Å². The topological polar surface area (TPSA) is 119 Å². The van der Waals surface area contributed by atoms with Crippen molar-refractivity contribution in [1.29, 1.82) is 0 Å². The summed E-state index contributed by atoms with van der Waals surface area (Å²) >= 11 is 0. The van der Waals surface area contributed by atoms with E-state index in [1.165, 1.54) is 0 Å². The minimum atomic E-state index is -1.35. The molecule has 0 amide bonds. The number of aliphatic hydroxyl groups excluding tert-OH is 3. The highest BCUT2D eigenvalue weighted by atomic mass is 16.6. The smallest absolute Gasteiger partial charge is 0.165 e. The number of nitrogens with zero attached hydrogens (tertiary/aromatic N) is 3. The Balaban J connectivity index is 2.71. The summed E-state index contributed by atoms with van der Waals surface area (Å²) in [6.45, 7) is -0.167. The summed E-state index contributed by atoms with van der Waals surface area (Å²) in [5.74, 6) is 0. The third-order valence-electron chi connectivity index (χ3n) is 1.66. The number of azide groups is 1. The van der Waals surface area contributed by atoms with Crippen molar-refractivity contribution in [1.82, 2.24) is 0 Å². The molecule has 7 heteroatoms. The molecule has 0 unspecified atom stereocenters. The Hall–Kier alpha value is -0.850. The van der Waals surface area contributed by atoms with Crippen LogP contribution in [0.4, 0.5) is 0 Å². The Kier molecular flexibility index (Phi) is 2.85.